The summed E-state index contributed by atoms with van der Waals surface area (Å²) < 4.78 is 0. The largest absolute Gasteiger partial charge is 1.00 e. The number of hydrogen-bond acceptors (Lipinski definition) is 1. The van der Waals surface area contributed by atoms with Crippen LogP contribution in [0.2, 0.25) is 0 Å². The van der Waals surface area contributed by atoms with E-state index in [4.69, 9.17) is 4.79 Å². The number of rotatable bonds is 11. The third-order valence-electron chi connectivity index (χ3n) is 3.03. The fraction of sp³-hybridized carbons (Fsp3) is 0.933. The zero-order valence-corrected chi connectivity index (χ0v) is 15.3. The Hall–Kier alpha value is -0.290. The summed E-state index contributed by atoms with van der Waals surface area (Å²) in [6, 6.07) is -0.833. The molecule has 0 aliphatic carbocycles. The van der Waals surface area contributed by atoms with Crippen molar-refractivity contribution in [3.63, 3.8) is 0 Å². The summed E-state index contributed by atoms with van der Waals surface area (Å²) in [5.41, 5.74) is 8.50. The van der Waals surface area contributed by atoms with Gasteiger partial charge in [0.1, 0.15) is 0 Å². The van der Waals surface area contributed by atoms with Crippen LogP contribution in [0.1, 0.15) is 71.1 Å². The van der Waals surface area contributed by atoms with Gasteiger partial charge in [0.2, 0.25) is 0 Å². The van der Waals surface area contributed by atoms with Crippen LogP contribution in [-0.4, -0.2) is 26.7 Å². The maximum absolute atomic E-state index is 9.00. The second-order valence-corrected chi connectivity index (χ2v) is 5.54. The fourth-order valence-electron chi connectivity index (χ4n) is 1.97. The van der Waals surface area contributed by atoms with Crippen LogP contribution < -0.4 is 33.3 Å². The number of unbranched alkanes of at least 4 members (excludes halogenated alkanes) is 9. The number of nitrogens with two attached hydrogens (primary N) is 2. The number of urea groups is 1. The van der Waals surface area contributed by atoms with Crippen molar-refractivity contribution in [3.05, 3.63) is 0 Å². The zero-order valence-electron chi connectivity index (χ0n) is 13.7. The minimum Gasteiger partial charge on any atom is -1.00 e. The molecule has 124 valence electrons. The fourth-order valence-corrected chi connectivity index (χ4v) is 1.97. The second kappa shape index (κ2) is 21.0. The quantitative estimate of drug-likeness (QED) is 0.413. The van der Waals surface area contributed by atoms with Gasteiger partial charge in [0.25, 0.3) is 0 Å². The van der Waals surface area contributed by atoms with E-state index in [1.165, 1.54) is 70.8 Å². The topological polar surface area (TPSA) is 73.6 Å². The van der Waals surface area contributed by atoms with Crippen LogP contribution >= 0.6 is 0 Å². The highest BCUT2D eigenvalue weighted by Gasteiger charge is 1.94. The molecule has 0 rings (SSSR count). The first-order valence-electron chi connectivity index (χ1n) is 7.84. The van der Waals surface area contributed by atoms with E-state index in [9.17, 15) is 0 Å². The van der Waals surface area contributed by atoms with E-state index in [0.29, 0.717) is 0 Å². The van der Waals surface area contributed by atoms with Crippen molar-refractivity contribution in [3.8, 4) is 0 Å². The molecule has 0 unspecified atom stereocenters. The highest BCUT2D eigenvalue weighted by molar-refractivity contribution is 5.69. The number of amides is 2. The highest BCUT2D eigenvalue weighted by atomic mass is 79.9. The Labute approximate surface area is 136 Å². The molecule has 0 aromatic rings. The van der Waals surface area contributed by atoms with Gasteiger partial charge in [-0.05, 0) is 12.8 Å². The number of carbonyl (C=O) groups is 1. The molecular weight excluding hydrogens is 318 g/mol. The first kappa shape index (κ1) is 24.7. The lowest BCUT2D eigenvalue weighted by atomic mass is 10.1. The number of quaternary nitrogens is 1. The first-order chi connectivity index (χ1) is 9.00. The smallest absolute Gasteiger partial charge is 0.309 e. The lowest BCUT2D eigenvalue weighted by Crippen LogP contribution is -3.05. The molecule has 2 amide bonds. The number of hydrogen-bond donors (Lipinski definition) is 3. The van der Waals surface area contributed by atoms with Crippen molar-refractivity contribution in [1.29, 1.82) is 0 Å². The Kier molecular flexibility index (Phi) is 26.0. The first-order valence-corrected chi connectivity index (χ1v) is 7.84. The van der Waals surface area contributed by atoms with Crippen LogP contribution in [0.5, 0.6) is 0 Å². The van der Waals surface area contributed by atoms with E-state index in [-0.39, 0.29) is 17.0 Å². The predicted octanol–water partition coefficient (Wildman–Crippen LogP) is -0.920. The molecule has 0 heterocycles. The molecule has 0 fully saturated rings. The predicted molar refractivity (Wildman–Crippen MR) is 83.3 cm³/mol. The van der Waals surface area contributed by atoms with Crippen LogP contribution in [0, 0.1) is 0 Å². The maximum Gasteiger partial charge on any atom is 0.309 e. The Balaban J connectivity index is -0.000000508. The Morgan fingerprint density at radius 3 is 1.40 bits per heavy atom. The van der Waals surface area contributed by atoms with Gasteiger partial charge in [0.15, 0.2) is 0 Å². The molecule has 0 atom stereocenters. The molecular formula is C15H36BrN3O. The van der Waals surface area contributed by atoms with E-state index in [2.05, 4.69) is 32.5 Å². The van der Waals surface area contributed by atoms with Crippen molar-refractivity contribution < 1.29 is 26.7 Å². The van der Waals surface area contributed by atoms with E-state index in [1.807, 2.05) is 0 Å². The summed E-state index contributed by atoms with van der Waals surface area (Å²) in [6.45, 7) is 3.63. The molecule has 0 radical (unpaired) electrons. The minimum absolute atomic E-state index is 0. The van der Waals surface area contributed by atoms with E-state index >= 15 is 0 Å². The SMILES string of the molecule is CCCCCCCCCCCC[NH+](C)C.NC(N)=O.[Br-]. The average molecular weight is 354 g/mol. The van der Waals surface area contributed by atoms with Gasteiger partial charge in [-0.1, -0.05) is 58.3 Å². The number of halogens is 1. The van der Waals surface area contributed by atoms with Gasteiger partial charge < -0.3 is 33.3 Å². The van der Waals surface area contributed by atoms with Gasteiger partial charge in [0, 0.05) is 0 Å². The summed E-state index contributed by atoms with van der Waals surface area (Å²) in [5.74, 6) is 0. The minimum atomic E-state index is -0.833. The monoisotopic (exact) mass is 353 g/mol. The van der Waals surface area contributed by atoms with Crippen LogP contribution in [0.15, 0.2) is 0 Å². The standard InChI is InChI=1S/C14H31N.CH4N2O.BrH/c1-4-5-6-7-8-9-10-11-12-13-14-15(2)3;2-1(3)4;/h4-14H2,1-3H3;(H4,2,3,4);1H. The molecule has 0 bridgehead atoms. The average Bonchev–Trinajstić information content (AvgIpc) is 2.30. The molecule has 0 spiro atoms. The summed E-state index contributed by atoms with van der Waals surface area (Å²) >= 11 is 0. The summed E-state index contributed by atoms with van der Waals surface area (Å²) in [6.07, 6.45) is 14.5. The molecule has 5 heteroatoms. The van der Waals surface area contributed by atoms with Crippen molar-refractivity contribution in [2.45, 2.75) is 71.1 Å². The molecule has 0 aliphatic heterocycles. The van der Waals surface area contributed by atoms with Crippen molar-refractivity contribution >= 4 is 6.03 Å². The van der Waals surface area contributed by atoms with Gasteiger partial charge in [-0.25, -0.2) is 4.79 Å². The lowest BCUT2D eigenvalue weighted by Gasteiger charge is -2.06. The molecule has 0 aromatic heterocycles. The molecule has 0 aliphatic rings. The Morgan fingerprint density at radius 2 is 1.10 bits per heavy atom. The third kappa shape index (κ3) is 36.1. The van der Waals surface area contributed by atoms with Crippen LogP contribution in [0.4, 0.5) is 4.79 Å². The second-order valence-electron chi connectivity index (χ2n) is 5.54. The Bertz CT molecular complexity index is 186. The zero-order chi connectivity index (χ0) is 14.9. The molecule has 5 N–H and O–H groups in total. The van der Waals surface area contributed by atoms with Crippen molar-refractivity contribution in [2.75, 3.05) is 20.6 Å². The lowest BCUT2D eigenvalue weighted by molar-refractivity contribution is -0.858. The molecule has 4 nitrogen and oxygen atoms in total. The Morgan fingerprint density at radius 1 is 0.800 bits per heavy atom. The molecule has 20 heavy (non-hydrogen) atoms. The van der Waals surface area contributed by atoms with E-state index in [1.54, 1.807) is 4.90 Å². The highest BCUT2D eigenvalue weighted by Crippen LogP contribution is 2.09. The number of primary amides is 2. The number of nitrogens with one attached hydrogen (secondary N) is 1. The van der Waals surface area contributed by atoms with Crippen LogP contribution in [0.25, 0.3) is 0 Å². The van der Waals surface area contributed by atoms with Crippen molar-refractivity contribution in [1.82, 2.24) is 0 Å². The van der Waals surface area contributed by atoms with Crippen LogP contribution in [0.3, 0.4) is 0 Å². The molecule has 0 aromatic carbocycles. The van der Waals surface area contributed by atoms with Gasteiger partial charge in [-0.3, -0.25) is 0 Å². The summed E-state index contributed by atoms with van der Waals surface area (Å²) in [4.78, 5) is 10.6. The summed E-state index contributed by atoms with van der Waals surface area (Å²) in [7, 11) is 4.49. The van der Waals surface area contributed by atoms with Gasteiger partial charge in [0.05, 0.1) is 20.6 Å². The van der Waals surface area contributed by atoms with Crippen molar-refractivity contribution in [2.24, 2.45) is 11.5 Å². The normalized spacial score (nSPS) is 9.60. The van der Waals surface area contributed by atoms with E-state index < -0.39 is 6.03 Å². The van der Waals surface area contributed by atoms with Gasteiger partial charge in [-0.15, -0.1) is 0 Å². The van der Waals surface area contributed by atoms with Crippen LogP contribution in [-0.2, 0) is 0 Å². The van der Waals surface area contributed by atoms with Gasteiger partial charge in [-0.2, -0.15) is 0 Å². The summed E-state index contributed by atoms with van der Waals surface area (Å²) in [5, 5.41) is 0. The maximum atomic E-state index is 9.00. The number of carbonyl (C=O) groups excluding carboxylic acids is 1. The third-order valence-corrected chi connectivity index (χ3v) is 3.03. The van der Waals surface area contributed by atoms with E-state index in [0.717, 1.165) is 0 Å². The molecule has 0 saturated heterocycles. The van der Waals surface area contributed by atoms with Gasteiger partial charge >= 0.3 is 6.03 Å². The molecule has 0 saturated carbocycles.